The Morgan fingerprint density at radius 1 is 1.32 bits per heavy atom. The summed E-state index contributed by atoms with van der Waals surface area (Å²) in [4.78, 5) is 16.8. The van der Waals surface area contributed by atoms with Crippen molar-refractivity contribution in [2.45, 2.75) is 38.1 Å². The van der Waals surface area contributed by atoms with Crippen LogP contribution in [0.3, 0.4) is 0 Å². The minimum Gasteiger partial charge on any atom is -0.381 e. The van der Waals surface area contributed by atoms with Crippen molar-refractivity contribution in [3.05, 3.63) is 47.7 Å². The van der Waals surface area contributed by atoms with E-state index in [0.717, 1.165) is 31.3 Å². The van der Waals surface area contributed by atoms with E-state index >= 15 is 0 Å². The Kier molecular flexibility index (Phi) is 4.21. The Morgan fingerprint density at radius 3 is 3.00 bits per heavy atom. The van der Waals surface area contributed by atoms with E-state index in [0.29, 0.717) is 30.4 Å². The van der Waals surface area contributed by atoms with Crippen molar-refractivity contribution in [3.63, 3.8) is 0 Å². The van der Waals surface area contributed by atoms with Crippen molar-refractivity contribution in [1.29, 1.82) is 0 Å². The third-order valence-corrected chi connectivity index (χ3v) is 4.53. The zero-order chi connectivity index (χ0) is 17.2. The Balaban J connectivity index is 1.46. The summed E-state index contributed by atoms with van der Waals surface area (Å²) in [5.41, 5.74) is 1.54. The first-order valence-electron chi connectivity index (χ1n) is 8.63. The van der Waals surface area contributed by atoms with Crippen LogP contribution in [0.4, 0.5) is 10.3 Å². The maximum atomic E-state index is 13.7. The third kappa shape index (κ3) is 3.26. The zero-order valence-corrected chi connectivity index (χ0v) is 13.8. The van der Waals surface area contributed by atoms with Crippen LogP contribution in [0.25, 0.3) is 5.57 Å². The van der Waals surface area contributed by atoms with Gasteiger partial charge in [-0.15, -0.1) is 5.10 Å². The van der Waals surface area contributed by atoms with Crippen molar-refractivity contribution in [1.82, 2.24) is 20.1 Å². The van der Waals surface area contributed by atoms with Crippen LogP contribution in [0, 0.1) is 0 Å². The molecule has 2 aliphatic carbocycles. The van der Waals surface area contributed by atoms with Crippen LogP contribution in [0.2, 0.25) is 0 Å². The summed E-state index contributed by atoms with van der Waals surface area (Å²) in [5.74, 6) is 0.732. The largest absolute Gasteiger partial charge is 0.381 e. The van der Waals surface area contributed by atoms with Crippen LogP contribution in [0.5, 0.6) is 0 Å². The van der Waals surface area contributed by atoms with Crippen LogP contribution in [0.1, 0.15) is 42.7 Å². The van der Waals surface area contributed by atoms with Crippen LogP contribution in [-0.4, -0.2) is 33.3 Å². The van der Waals surface area contributed by atoms with Gasteiger partial charge in [-0.2, -0.15) is 9.67 Å². The van der Waals surface area contributed by atoms with Gasteiger partial charge in [-0.05, 0) is 37.3 Å². The number of fused-ring (bicyclic) bond motifs is 1. The van der Waals surface area contributed by atoms with Crippen LogP contribution in [-0.2, 0) is 0 Å². The highest BCUT2D eigenvalue weighted by molar-refractivity contribution is 5.84. The smallest absolute Gasteiger partial charge is 0.252 e. The predicted octanol–water partition coefficient (Wildman–Crippen LogP) is 2.96. The van der Waals surface area contributed by atoms with Gasteiger partial charge >= 0.3 is 0 Å². The molecular weight excluding hydrogens is 321 g/mol. The molecule has 25 heavy (non-hydrogen) atoms. The number of allylic oxidation sites excluding steroid dienone is 7. The summed E-state index contributed by atoms with van der Waals surface area (Å²) >= 11 is 0. The molecule has 1 aliphatic heterocycles. The van der Waals surface area contributed by atoms with E-state index in [1.165, 1.54) is 4.68 Å². The van der Waals surface area contributed by atoms with Gasteiger partial charge in [0.1, 0.15) is 5.83 Å². The Labute approximate surface area is 145 Å². The molecule has 0 fully saturated rings. The van der Waals surface area contributed by atoms with Gasteiger partial charge in [0.2, 0.25) is 5.95 Å². The van der Waals surface area contributed by atoms with Gasteiger partial charge in [0.25, 0.3) is 5.91 Å². The van der Waals surface area contributed by atoms with Gasteiger partial charge in [-0.25, -0.2) is 4.39 Å². The molecule has 3 aliphatic rings. The first-order valence-corrected chi connectivity index (χ1v) is 8.63. The lowest BCUT2D eigenvalue weighted by molar-refractivity contribution is 0.0872. The zero-order valence-electron chi connectivity index (χ0n) is 13.8. The standard InChI is InChI=1S/C18H20FN5O/c19-14-8-4-5-9-15(14)20-11-13-10-16(25)24-18(21-13)22-17(23-24)12-6-2-1-3-7-12/h1-2,6,8-9,13,20H,3-5,7,10-11H2,(H,21,22,23). The fraction of sp³-hybridized carbons (Fsp3) is 0.389. The fourth-order valence-corrected chi connectivity index (χ4v) is 3.19. The molecule has 1 atom stereocenters. The summed E-state index contributed by atoms with van der Waals surface area (Å²) in [5, 5.41) is 10.7. The Bertz CT molecular complexity index is 817. The summed E-state index contributed by atoms with van der Waals surface area (Å²) in [6, 6.07) is -0.145. The van der Waals surface area contributed by atoms with Gasteiger partial charge in [0.05, 0.1) is 18.2 Å². The molecule has 1 aromatic rings. The topological polar surface area (TPSA) is 71.8 Å². The van der Waals surface area contributed by atoms with E-state index < -0.39 is 0 Å². The highest BCUT2D eigenvalue weighted by Gasteiger charge is 2.28. The minimum atomic E-state index is -0.226. The molecule has 0 amide bonds. The average molecular weight is 341 g/mol. The molecule has 4 rings (SSSR count). The number of anilines is 1. The number of carbonyl (C=O) groups excluding carboxylic acids is 1. The molecule has 7 heteroatoms. The van der Waals surface area contributed by atoms with E-state index in [4.69, 9.17) is 0 Å². The van der Waals surface area contributed by atoms with Gasteiger partial charge < -0.3 is 10.6 Å². The molecule has 6 nitrogen and oxygen atoms in total. The summed E-state index contributed by atoms with van der Waals surface area (Å²) < 4.78 is 15.1. The maximum absolute atomic E-state index is 13.7. The van der Waals surface area contributed by atoms with Crippen molar-refractivity contribution in [3.8, 4) is 0 Å². The number of aromatic nitrogens is 3. The molecule has 0 saturated carbocycles. The van der Waals surface area contributed by atoms with Gasteiger partial charge in [-0.1, -0.05) is 24.3 Å². The highest BCUT2D eigenvalue weighted by Crippen LogP contribution is 2.24. The van der Waals surface area contributed by atoms with Crippen LogP contribution >= 0.6 is 0 Å². The SMILES string of the molecule is O=C1CC(CNC2=CCCC=C2F)Nc2nc(C3=CC=CCC3)nn21. The predicted molar refractivity (Wildman–Crippen MR) is 93.5 cm³/mol. The number of hydrogen-bond donors (Lipinski definition) is 2. The normalized spacial score (nSPS) is 22.5. The van der Waals surface area contributed by atoms with Crippen molar-refractivity contribution in [2.75, 3.05) is 11.9 Å². The lowest BCUT2D eigenvalue weighted by Crippen LogP contribution is -2.40. The van der Waals surface area contributed by atoms with Gasteiger partial charge in [0.15, 0.2) is 5.82 Å². The molecule has 0 saturated heterocycles. The van der Waals surface area contributed by atoms with Gasteiger partial charge in [-0.3, -0.25) is 4.79 Å². The van der Waals surface area contributed by atoms with Crippen molar-refractivity contribution >= 4 is 17.4 Å². The summed E-state index contributed by atoms with van der Waals surface area (Å²) in [6.45, 7) is 0.451. The molecule has 2 N–H and O–H groups in total. The number of halogens is 1. The molecule has 0 radical (unpaired) electrons. The van der Waals surface area contributed by atoms with Crippen molar-refractivity contribution in [2.24, 2.45) is 0 Å². The first kappa shape index (κ1) is 15.8. The Morgan fingerprint density at radius 2 is 2.20 bits per heavy atom. The molecule has 1 unspecified atom stereocenters. The van der Waals surface area contributed by atoms with Crippen LogP contribution in [0.15, 0.2) is 41.9 Å². The monoisotopic (exact) mass is 341 g/mol. The van der Waals surface area contributed by atoms with E-state index in [1.54, 1.807) is 6.08 Å². The molecule has 0 aromatic carbocycles. The molecule has 1 aromatic heterocycles. The fourth-order valence-electron chi connectivity index (χ4n) is 3.19. The Hall–Kier alpha value is -2.70. The van der Waals surface area contributed by atoms with E-state index in [9.17, 15) is 9.18 Å². The molecule has 130 valence electrons. The lowest BCUT2D eigenvalue weighted by atomic mass is 10.1. The third-order valence-electron chi connectivity index (χ3n) is 4.53. The van der Waals surface area contributed by atoms with Crippen LogP contribution < -0.4 is 10.6 Å². The number of nitrogens with zero attached hydrogens (tertiary/aromatic N) is 3. The summed E-state index contributed by atoms with van der Waals surface area (Å²) in [6.07, 6.45) is 13.2. The number of rotatable bonds is 4. The number of hydrogen-bond acceptors (Lipinski definition) is 5. The second kappa shape index (κ2) is 6.66. The quantitative estimate of drug-likeness (QED) is 0.881. The highest BCUT2D eigenvalue weighted by atomic mass is 19.1. The number of nitrogens with one attached hydrogen (secondary N) is 2. The number of carbonyl (C=O) groups is 1. The molecule has 0 bridgehead atoms. The second-order valence-corrected chi connectivity index (χ2v) is 6.40. The second-order valence-electron chi connectivity index (χ2n) is 6.40. The lowest BCUT2D eigenvalue weighted by Gasteiger charge is -2.24. The minimum absolute atomic E-state index is 0.0973. The molecule has 2 heterocycles. The van der Waals surface area contributed by atoms with E-state index in [-0.39, 0.29) is 17.8 Å². The van der Waals surface area contributed by atoms with Crippen molar-refractivity contribution < 1.29 is 9.18 Å². The molecule has 0 spiro atoms. The molecular formula is C18H20FN5O. The van der Waals surface area contributed by atoms with E-state index in [2.05, 4.69) is 26.8 Å². The maximum Gasteiger partial charge on any atom is 0.252 e. The first-order chi connectivity index (χ1) is 12.2. The summed E-state index contributed by atoms with van der Waals surface area (Å²) in [7, 11) is 0. The average Bonchev–Trinajstić information content (AvgIpc) is 3.07. The van der Waals surface area contributed by atoms with E-state index in [1.807, 2.05) is 18.2 Å². The van der Waals surface area contributed by atoms with Gasteiger partial charge in [0, 0.05) is 6.54 Å².